The zero-order valence-corrected chi connectivity index (χ0v) is 15.7. The number of nitrogens with one attached hydrogen (secondary N) is 2. The molecule has 1 aliphatic rings. The van der Waals surface area contributed by atoms with Gasteiger partial charge in [-0.15, -0.1) is 0 Å². The summed E-state index contributed by atoms with van der Waals surface area (Å²) in [6.07, 6.45) is -2.32. The Balaban J connectivity index is 1.75. The molecular weight excluding hydrogens is 427 g/mol. The fraction of sp³-hybridized carbons (Fsp3) is 0.118. The molecule has 1 aliphatic heterocycles. The maximum absolute atomic E-state index is 13.2. The monoisotopic (exact) mass is 439 g/mol. The van der Waals surface area contributed by atoms with Crippen LogP contribution in [0.1, 0.15) is 5.56 Å². The van der Waals surface area contributed by atoms with Crippen LogP contribution in [0.25, 0.3) is 5.69 Å². The molecule has 13 heteroatoms. The molecule has 3 aromatic rings. The highest BCUT2D eigenvalue weighted by Gasteiger charge is 2.32. The van der Waals surface area contributed by atoms with Gasteiger partial charge in [0.05, 0.1) is 27.5 Å². The molecule has 2 N–H and O–H groups in total. The smallest absolute Gasteiger partial charge is 0.416 e. The zero-order valence-electron chi connectivity index (χ0n) is 14.8. The summed E-state index contributed by atoms with van der Waals surface area (Å²) >= 11 is 0. The fourth-order valence-electron chi connectivity index (χ4n) is 2.76. The molecule has 30 heavy (non-hydrogen) atoms. The molecule has 0 fully saturated rings. The maximum Gasteiger partial charge on any atom is 0.416 e. The number of carbonyl (C=O) groups is 1. The number of halogens is 3. The lowest BCUT2D eigenvalue weighted by Gasteiger charge is -2.19. The van der Waals surface area contributed by atoms with E-state index >= 15 is 0 Å². The fourth-order valence-corrected chi connectivity index (χ4v) is 3.85. The summed E-state index contributed by atoms with van der Waals surface area (Å²) in [4.78, 5) is 14.9. The first kappa shape index (κ1) is 19.7. The number of aromatic nitrogens is 3. The van der Waals surface area contributed by atoms with Crippen molar-refractivity contribution in [3.63, 3.8) is 0 Å². The molecule has 0 aliphatic carbocycles. The van der Waals surface area contributed by atoms with Crippen LogP contribution in [0.3, 0.4) is 0 Å². The van der Waals surface area contributed by atoms with Gasteiger partial charge in [-0.2, -0.15) is 18.3 Å². The lowest BCUT2D eigenvalue weighted by atomic mass is 10.1. The van der Waals surface area contributed by atoms with E-state index in [4.69, 9.17) is 4.74 Å². The second-order valence-corrected chi connectivity index (χ2v) is 7.85. The second kappa shape index (κ2) is 7.02. The van der Waals surface area contributed by atoms with Gasteiger partial charge in [0.2, 0.25) is 0 Å². The highest BCUT2D eigenvalue weighted by atomic mass is 32.2. The van der Waals surface area contributed by atoms with Crippen LogP contribution >= 0.6 is 0 Å². The Kier molecular flexibility index (Phi) is 4.61. The normalized spacial score (nSPS) is 13.9. The van der Waals surface area contributed by atoms with Gasteiger partial charge in [0.1, 0.15) is 18.4 Å². The Labute approximate surface area is 167 Å². The number of hydrogen-bond acceptors (Lipinski definition) is 6. The molecule has 9 nitrogen and oxygen atoms in total. The summed E-state index contributed by atoms with van der Waals surface area (Å²) in [6, 6.07) is 6.25. The number of alkyl halides is 3. The van der Waals surface area contributed by atoms with Crippen LogP contribution in [0, 0.1) is 0 Å². The molecule has 0 bridgehead atoms. The molecule has 2 heterocycles. The summed E-state index contributed by atoms with van der Waals surface area (Å²) in [6.45, 7) is -0.206. The third-order valence-corrected chi connectivity index (χ3v) is 5.49. The molecule has 0 radical (unpaired) electrons. The minimum absolute atomic E-state index is 0.0404. The van der Waals surface area contributed by atoms with E-state index in [-0.39, 0.29) is 34.3 Å². The molecule has 0 atom stereocenters. The predicted molar refractivity (Wildman–Crippen MR) is 97.7 cm³/mol. The SMILES string of the molecule is O=C1COc2ccc(S(=O)(=O)Nc3cc(C(F)(F)F)ccc3-n3cncn3)cc2N1. The highest BCUT2D eigenvalue weighted by Crippen LogP contribution is 2.35. The largest absolute Gasteiger partial charge is 0.482 e. The Hall–Kier alpha value is -3.61. The molecule has 4 rings (SSSR count). The minimum atomic E-state index is -4.69. The van der Waals surface area contributed by atoms with E-state index in [2.05, 4.69) is 20.1 Å². The number of benzene rings is 2. The van der Waals surface area contributed by atoms with E-state index in [1.54, 1.807) is 0 Å². The van der Waals surface area contributed by atoms with Crippen LogP contribution < -0.4 is 14.8 Å². The molecule has 1 amide bonds. The molecule has 0 saturated heterocycles. The van der Waals surface area contributed by atoms with Gasteiger partial charge in [0.15, 0.2) is 6.61 Å². The van der Waals surface area contributed by atoms with E-state index in [0.717, 1.165) is 29.2 Å². The second-order valence-electron chi connectivity index (χ2n) is 6.17. The van der Waals surface area contributed by atoms with Crippen LogP contribution in [0.15, 0.2) is 53.9 Å². The number of carbonyl (C=O) groups excluding carboxylic acids is 1. The molecule has 1 aromatic heterocycles. The molecule has 0 saturated carbocycles. The van der Waals surface area contributed by atoms with Crippen molar-refractivity contribution < 1.29 is 31.1 Å². The quantitative estimate of drug-likeness (QED) is 0.645. The molecule has 0 unspecified atom stereocenters. The first-order valence-electron chi connectivity index (χ1n) is 8.29. The van der Waals surface area contributed by atoms with Crippen molar-refractivity contribution in [2.75, 3.05) is 16.6 Å². The van der Waals surface area contributed by atoms with Crippen molar-refractivity contribution in [1.29, 1.82) is 0 Å². The van der Waals surface area contributed by atoms with Gasteiger partial charge in [0, 0.05) is 0 Å². The number of hydrogen-bond donors (Lipinski definition) is 2. The number of ether oxygens (including phenoxy) is 1. The Morgan fingerprint density at radius 3 is 2.67 bits per heavy atom. The Morgan fingerprint density at radius 2 is 1.97 bits per heavy atom. The van der Waals surface area contributed by atoms with Gasteiger partial charge in [-0.05, 0) is 36.4 Å². The van der Waals surface area contributed by atoms with Crippen LogP contribution in [-0.4, -0.2) is 35.7 Å². The van der Waals surface area contributed by atoms with Crippen LogP contribution in [0.4, 0.5) is 24.5 Å². The summed E-state index contributed by atoms with van der Waals surface area (Å²) in [5.74, 6) is -0.188. The minimum Gasteiger partial charge on any atom is -0.482 e. The van der Waals surface area contributed by atoms with Gasteiger partial charge in [-0.25, -0.2) is 18.1 Å². The summed E-state index contributed by atoms with van der Waals surface area (Å²) < 4.78 is 73.6. The summed E-state index contributed by atoms with van der Waals surface area (Å²) in [7, 11) is -4.33. The number of sulfonamides is 1. The molecule has 0 spiro atoms. The number of anilines is 2. The van der Waals surface area contributed by atoms with Crippen molar-refractivity contribution >= 4 is 27.3 Å². The third-order valence-electron chi connectivity index (χ3n) is 4.13. The van der Waals surface area contributed by atoms with Crippen molar-refractivity contribution in [3.05, 3.63) is 54.6 Å². The average molecular weight is 439 g/mol. The average Bonchev–Trinajstić information content (AvgIpc) is 3.21. The lowest BCUT2D eigenvalue weighted by molar-refractivity contribution is -0.137. The number of amides is 1. The topological polar surface area (TPSA) is 115 Å². The first-order valence-corrected chi connectivity index (χ1v) is 9.77. The van der Waals surface area contributed by atoms with Gasteiger partial charge in [-0.3, -0.25) is 9.52 Å². The molecule has 156 valence electrons. The molecular formula is C17H12F3N5O4S. The highest BCUT2D eigenvalue weighted by molar-refractivity contribution is 7.92. The number of nitrogens with zero attached hydrogens (tertiary/aromatic N) is 3. The van der Waals surface area contributed by atoms with Crippen molar-refractivity contribution in [1.82, 2.24) is 14.8 Å². The predicted octanol–water partition coefficient (Wildman–Crippen LogP) is 2.42. The number of rotatable bonds is 4. The van der Waals surface area contributed by atoms with Crippen LogP contribution in [0.5, 0.6) is 5.75 Å². The van der Waals surface area contributed by atoms with E-state index in [9.17, 15) is 26.4 Å². The van der Waals surface area contributed by atoms with Gasteiger partial charge in [0.25, 0.3) is 15.9 Å². The van der Waals surface area contributed by atoms with Crippen LogP contribution in [-0.2, 0) is 21.0 Å². The Morgan fingerprint density at radius 1 is 1.17 bits per heavy atom. The van der Waals surface area contributed by atoms with E-state index < -0.39 is 27.7 Å². The maximum atomic E-state index is 13.2. The van der Waals surface area contributed by atoms with Crippen molar-refractivity contribution in [3.8, 4) is 11.4 Å². The van der Waals surface area contributed by atoms with Crippen molar-refractivity contribution in [2.24, 2.45) is 0 Å². The molecule has 2 aromatic carbocycles. The standard InChI is InChI=1S/C17H12F3N5O4S/c18-17(19,20)10-1-3-14(25-9-21-8-22-25)12(5-10)24-30(27,28)11-2-4-15-13(6-11)23-16(26)7-29-15/h1-6,8-9,24H,7H2,(H,23,26). The van der Waals surface area contributed by atoms with E-state index in [1.807, 2.05) is 0 Å². The number of fused-ring (bicyclic) bond motifs is 1. The summed E-state index contributed by atoms with van der Waals surface area (Å²) in [5.41, 5.74) is -1.23. The van der Waals surface area contributed by atoms with Crippen molar-refractivity contribution in [2.45, 2.75) is 11.1 Å². The third kappa shape index (κ3) is 3.78. The van der Waals surface area contributed by atoms with Crippen LogP contribution in [0.2, 0.25) is 0 Å². The van der Waals surface area contributed by atoms with Gasteiger partial charge in [-0.1, -0.05) is 0 Å². The van der Waals surface area contributed by atoms with Gasteiger partial charge < -0.3 is 10.1 Å². The Bertz CT molecular complexity index is 1230. The zero-order chi connectivity index (χ0) is 21.5. The van der Waals surface area contributed by atoms with E-state index in [1.165, 1.54) is 18.5 Å². The van der Waals surface area contributed by atoms with E-state index in [0.29, 0.717) is 6.07 Å². The lowest BCUT2D eigenvalue weighted by Crippen LogP contribution is -2.25. The first-order chi connectivity index (χ1) is 14.1. The van der Waals surface area contributed by atoms with Gasteiger partial charge >= 0.3 is 6.18 Å². The summed E-state index contributed by atoms with van der Waals surface area (Å²) in [5, 5.41) is 6.30.